The molecule has 3 N–H and O–H groups in total. The molecule has 1 heterocycles. The number of carbonyl (C=O) groups is 1. The van der Waals surface area contributed by atoms with Gasteiger partial charge in [-0.25, -0.2) is 0 Å². The van der Waals surface area contributed by atoms with Crippen LogP contribution in [0, 0.1) is 0 Å². The van der Waals surface area contributed by atoms with Crippen molar-refractivity contribution in [3.8, 4) is 5.75 Å². The highest BCUT2D eigenvalue weighted by molar-refractivity contribution is 6.33. The first-order chi connectivity index (χ1) is 11.5. The van der Waals surface area contributed by atoms with Gasteiger partial charge in [-0.15, -0.1) is 0 Å². The van der Waals surface area contributed by atoms with Crippen molar-refractivity contribution in [2.75, 3.05) is 52.1 Å². The lowest BCUT2D eigenvalue weighted by Crippen LogP contribution is -2.56. The summed E-state index contributed by atoms with van der Waals surface area (Å²) in [5, 5.41) is 3.37. The van der Waals surface area contributed by atoms with E-state index in [2.05, 4.69) is 29.0 Å². The summed E-state index contributed by atoms with van der Waals surface area (Å²) >= 11 is 6.04. The maximum absolute atomic E-state index is 12.6. The first kappa shape index (κ1) is 18.8. The Hall–Kier alpha value is -1.50. The third-order valence-electron chi connectivity index (χ3n) is 4.60. The number of nitrogen functional groups attached to an aromatic ring is 1. The van der Waals surface area contributed by atoms with Gasteiger partial charge in [0.25, 0.3) is 5.91 Å². The molecule has 1 saturated heterocycles. The second-order valence-electron chi connectivity index (χ2n) is 5.96. The van der Waals surface area contributed by atoms with Crippen LogP contribution in [0.2, 0.25) is 5.02 Å². The van der Waals surface area contributed by atoms with Crippen molar-refractivity contribution >= 4 is 23.2 Å². The molecule has 1 fully saturated rings. The summed E-state index contributed by atoms with van der Waals surface area (Å²) in [7, 11) is 1.51. The highest BCUT2D eigenvalue weighted by atomic mass is 35.5. The third kappa shape index (κ3) is 4.32. The van der Waals surface area contributed by atoms with E-state index in [9.17, 15) is 4.79 Å². The number of nitrogens with zero attached hydrogens (tertiary/aromatic N) is 2. The fourth-order valence-electron chi connectivity index (χ4n) is 3.08. The number of ether oxygens (including phenoxy) is 1. The number of nitrogens with two attached hydrogens (primary N) is 1. The summed E-state index contributed by atoms with van der Waals surface area (Å²) < 4.78 is 5.25. The quantitative estimate of drug-likeness (QED) is 0.761. The molecule has 0 spiro atoms. The molecule has 134 valence electrons. The minimum atomic E-state index is -0.196. The van der Waals surface area contributed by atoms with Crippen LogP contribution in [0.1, 0.15) is 24.2 Å². The van der Waals surface area contributed by atoms with Gasteiger partial charge in [0.15, 0.2) is 0 Å². The van der Waals surface area contributed by atoms with Gasteiger partial charge in [-0.1, -0.05) is 25.4 Å². The topological polar surface area (TPSA) is 70.8 Å². The van der Waals surface area contributed by atoms with Gasteiger partial charge in [-0.3, -0.25) is 9.69 Å². The lowest BCUT2D eigenvalue weighted by Gasteiger charge is -2.40. The van der Waals surface area contributed by atoms with Gasteiger partial charge in [0.1, 0.15) is 5.75 Å². The van der Waals surface area contributed by atoms with Crippen molar-refractivity contribution in [3.05, 3.63) is 22.7 Å². The zero-order chi connectivity index (χ0) is 17.7. The molecular formula is C17H27ClN4O2. The van der Waals surface area contributed by atoms with Gasteiger partial charge in [0.05, 0.1) is 23.4 Å². The van der Waals surface area contributed by atoms with E-state index in [4.69, 9.17) is 22.1 Å². The van der Waals surface area contributed by atoms with Crippen LogP contribution in [0.3, 0.4) is 0 Å². The van der Waals surface area contributed by atoms with E-state index < -0.39 is 0 Å². The third-order valence-corrected chi connectivity index (χ3v) is 4.93. The van der Waals surface area contributed by atoms with Crippen molar-refractivity contribution in [2.45, 2.75) is 19.9 Å². The maximum Gasteiger partial charge on any atom is 0.255 e. The van der Waals surface area contributed by atoms with E-state index in [1.165, 1.54) is 7.11 Å². The minimum absolute atomic E-state index is 0.196. The van der Waals surface area contributed by atoms with E-state index in [-0.39, 0.29) is 5.91 Å². The Morgan fingerprint density at radius 1 is 1.38 bits per heavy atom. The van der Waals surface area contributed by atoms with Crippen LogP contribution >= 0.6 is 11.6 Å². The molecule has 6 nitrogen and oxygen atoms in total. The molecule has 7 heteroatoms. The second-order valence-corrected chi connectivity index (χ2v) is 6.37. The van der Waals surface area contributed by atoms with Gasteiger partial charge in [-0.2, -0.15) is 0 Å². The Labute approximate surface area is 148 Å². The summed E-state index contributed by atoms with van der Waals surface area (Å²) in [6.07, 6.45) is 0. The van der Waals surface area contributed by atoms with Crippen LogP contribution in [0.4, 0.5) is 5.69 Å². The molecule has 0 bridgehead atoms. The molecule has 0 aliphatic carbocycles. The number of rotatable bonds is 6. The van der Waals surface area contributed by atoms with E-state index in [0.29, 0.717) is 34.6 Å². The summed E-state index contributed by atoms with van der Waals surface area (Å²) in [5.41, 5.74) is 6.57. The van der Waals surface area contributed by atoms with Crippen molar-refractivity contribution in [3.63, 3.8) is 0 Å². The number of halogens is 1. The number of carbonyl (C=O) groups excluding carboxylic acids is 1. The monoisotopic (exact) mass is 354 g/mol. The number of amides is 1. The second kappa shape index (κ2) is 8.55. The smallest absolute Gasteiger partial charge is 0.255 e. The number of likely N-dealkylation sites (N-methyl/N-ethyl adjacent to an activating group) is 2. The van der Waals surface area contributed by atoms with Gasteiger partial charge in [-0.05, 0) is 19.2 Å². The molecule has 0 radical (unpaired) electrons. The van der Waals surface area contributed by atoms with Gasteiger partial charge in [0, 0.05) is 38.3 Å². The fraction of sp³-hybridized carbons (Fsp3) is 0.588. The summed E-state index contributed by atoms with van der Waals surface area (Å²) in [4.78, 5) is 17.4. The standard InChI is InChI=1S/C17H27ClN4O2/c1-4-21-6-7-22(5-2)12(11-21)10-20-17(23)13-8-14(18)15(19)9-16(13)24-3/h8-9,12H,4-7,10-11,19H2,1-3H3,(H,20,23). The van der Waals surface area contributed by atoms with Crippen LogP contribution < -0.4 is 15.8 Å². The highest BCUT2D eigenvalue weighted by Gasteiger charge is 2.26. The maximum atomic E-state index is 12.6. The van der Waals surface area contributed by atoms with E-state index in [1.807, 2.05) is 0 Å². The van der Waals surface area contributed by atoms with E-state index in [1.54, 1.807) is 12.1 Å². The van der Waals surface area contributed by atoms with Crippen molar-refractivity contribution in [2.24, 2.45) is 0 Å². The summed E-state index contributed by atoms with van der Waals surface area (Å²) in [6, 6.07) is 3.44. The number of hydrogen-bond acceptors (Lipinski definition) is 5. The van der Waals surface area contributed by atoms with E-state index >= 15 is 0 Å². The molecule has 1 aliphatic rings. The Balaban J connectivity index is 2.05. The van der Waals surface area contributed by atoms with Crippen LogP contribution in [0.25, 0.3) is 0 Å². The molecule has 1 aromatic carbocycles. The number of benzene rings is 1. The van der Waals surface area contributed by atoms with Crippen LogP contribution in [0.15, 0.2) is 12.1 Å². The summed E-state index contributed by atoms with van der Waals surface area (Å²) in [5.74, 6) is 0.235. The molecule has 1 atom stereocenters. The average molecular weight is 355 g/mol. The number of nitrogens with one attached hydrogen (secondary N) is 1. The molecule has 24 heavy (non-hydrogen) atoms. The van der Waals surface area contributed by atoms with Gasteiger partial charge < -0.3 is 20.7 Å². The fourth-order valence-corrected chi connectivity index (χ4v) is 3.24. The Bertz CT molecular complexity index is 582. The molecule has 1 amide bonds. The Morgan fingerprint density at radius 2 is 2.12 bits per heavy atom. The predicted octanol–water partition coefficient (Wildman–Crippen LogP) is 1.69. The molecule has 1 aromatic rings. The van der Waals surface area contributed by atoms with Gasteiger partial charge in [0.2, 0.25) is 0 Å². The number of methoxy groups -OCH3 is 1. The van der Waals surface area contributed by atoms with Crippen molar-refractivity contribution in [1.29, 1.82) is 0 Å². The Kier molecular flexibility index (Phi) is 6.71. The number of anilines is 1. The predicted molar refractivity (Wildman–Crippen MR) is 97.9 cm³/mol. The average Bonchev–Trinajstić information content (AvgIpc) is 2.61. The van der Waals surface area contributed by atoms with Crippen LogP contribution in [0.5, 0.6) is 5.75 Å². The highest BCUT2D eigenvalue weighted by Crippen LogP contribution is 2.28. The largest absolute Gasteiger partial charge is 0.496 e. The zero-order valence-electron chi connectivity index (χ0n) is 14.6. The summed E-state index contributed by atoms with van der Waals surface area (Å²) in [6.45, 7) is 9.99. The molecule has 2 rings (SSSR count). The van der Waals surface area contributed by atoms with Gasteiger partial charge >= 0.3 is 0 Å². The molecule has 0 saturated carbocycles. The van der Waals surface area contributed by atoms with Crippen molar-refractivity contribution in [1.82, 2.24) is 15.1 Å². The Morgan fingerprint density at radius 3 is 2.75 bits per heavy atom. The lowest BCUT2D eigenvalue weighted by atomic mass is 10.1. The molecule has 0 aromatic heterocycles. The first-order valence-corrected chi connectivity index (χ1v) is 8.75. The molecule has 1 unspecified atom stereocenters. The first-order valence-electron chi connectivity index (χ1n) is 8.37. The van der Waals surface area contributed by atoms with E-state index in [0.717, 1.165) is 32.7 Å². The lowest BCUT2D eigenvalue weighted by molar-refractivity contribution is 0.0748. The van der Waals surface area contributed by atoms with Crippen molar-refractivity contribution < 1.29 is 9.53 Å². The SMILES string of the molecule is CCN1CCN(CC)C(CNC(=O)c2cc(Cl)c(N)cc2OC)C1. The molecule has 1 aliphatic heterocycles. The zero-order valence-corrected chi connectivity index (χ0v) is 15.4. The normalized spacial score (nSPS) is 19.2. The van der Waals surface area contributed by atoms with Crippen LogP contribution in [-0.4, -0.2) is 68.1 Å². The van der Waals surface area contributed by atoms with Crippen LogP contribution in [-0.2, 0) is 0 Å². The minimum Gasteiger partial charge on any atom is -0.496 e. The number of hydrogen-bond donors (Lipinski definition) is 2. The molecular weight excluding hydrogens is 328 g/mol. The number of piperazine rings is 1.